The van der Waals surface area contributed by atoms with E-state index in [0.717, 1.165) is 6.20 Å². The summed E-state index contributed by atoms with van der Waals surface area (Å²) in [6.45, 7) is 0. The molecule has 1 aromatic carbocycles. The number of halogens is 1. The number of hydrogen-bond acceptors (Lipinski definition) is 2. The molecule has 0 aliphatic heterocycles. The Morgan fingerprint density at radius 1 is 1.40 bits per heavy atom. The van der Waals surface area contributed by atoms with Crippen molar-refractivity contribution in [2.75, 3.05) is 0 Å². The zero-order valence-corrected chi connectivity index (χ0v) is 7.57. The average Bonchev–Trinajstić information content (AvgIpc) is 2.17. The van der Waals surface area contributed by atoms with E-state index in [1.54, 1.807) is 6.07 Å². The van der Waals surface area contributed by atoms with Crippen LogP contribution in [0.4, 0.5) is 4.39 Å². The number of nitrogens with zero attached hydrogens (tertiary/aromatic N) is 1. The van der Waals surface area contributed by atoms with Gasteiger partial charge in [0.2, 0.25) is 0 Å². The molecule has 0 saturated carbocycles. The summed E-state index contributed by atoms with van der Waals surface area (Å²) in [5.74, 6) is -1.51. The highest BCUT2D eigenvalue weighted by molar-refractivity contribution is 5.92. The molecule has 0 saturated heterocycles. The summed E-state index contributed by atoms with van der Waals surface area (Å²) in [5, 5.41) is 9.17. The molecule has 1 heterocycles. The number of pyridine rings is 1. The second-order valence-electron chi connectivity index (χ2n) is 2.84. The van der Waals surface area contributed by atoms with Gasteiger partial charge >= 0.3 is 5.97 Å². The molecule has 1 aromatic heterocycles. The molecule has 0 aliphatic carbocycles. The van der Waals surface area contributed by atoms with Crippen LogP contribution in [0.25, 0.3) is 10.9 Å². The predicted octanol–water partition coefficient (Wildman–Crippen LogP) is 1.25. The largest absolute Gasteiger partial charge is 0.478 e. The van der Waals surface area contributed by atoms with E-state index < -0.39 is 11.8 Å². The molecule has 0 bridgehead atoms. The summed E-state index contributed by atoms with van der Waals surface area (Å²) in [5.41, 5.74) is 0.251. The molecule has 78 valence electrons. The lowest BCUT2D eigenvalue weighted by Crippen LogP contribution is -1.97. The van der Waals surface area contributed by atoms with Crippen LogP contribution in [0.1, 0.15) is 10.4 Å². The monoisotopic (exact) mass is 209 g/mol. The van der Waals surface area contributed by atoms with Gasteiger partial charge in [-0.25, -0.2) is 9.18 Å². The first-order valence-electron chi connectivity index (χ1n) is 3.96. The Hall–Kier alpha value is -2.01. The molecular formula is C10H8FNO3. The van der Waals surface area contributed by atoms with Gasteiger partial charge in [0, 0.05) is 11.6 Å². The first-order chi connectivity index (χ1) is 6.68. The number of carbonyl (C=O) groups is 1. The summed E-state index contributed by atoms with van der Waals surface area (Å²) in [4.78, 5) is 14.3. The molecule has 0 radical (unpaired) electrons. The second kappa shape index (κ2) is 4.02. The van der Waals surface area contributed by atoms with Crippen molar-refractivity contribution in [1.29, 1.82) is 0 Å². The van der Waals surface area contributed by atoms with Gasteiger partial charge in [0.15, 0.2) is 0 Å². The standard InChI is InChI=1S/C10H6FNO2.H2O/c11-8-3-1-2-6-4-7(10(13)14)5-12-9(6)8;/h1-5H,(H,13,14);1H2. The maximum atomic E-state index is 13.1. The highest BCUT2D eigenvalue weighted by Crippen LogP contribution is 2.16. The number of aromatic carboxylic acids is 1. The molecule has 2 aromatic rings. The van der Waals surface area contributed by atoms with E-state index in [1.807, 2.05) is 0 Å². The fourth-order valence-electron chi connectivity index (χ4n) is 1.24. The summed E-state index contributed by atoms with van der Waals surface area (Å²) in [6.07, 6.45) is 1.15. The van der Waals surface area contributed by atoms with Crippen molar-refractivity contribution in [2.45, 2.75) is 0 Å². The Morgan fingerprint density at radius 3 is 2.80 bits per heavy atom. The van der Waals surface area contributed by atoms with E-state index in [4.69, 9.17) is 5.11 Å². The zero-order chi connectivity index (χ0) is 10.1. The Balaban J connectivity index is 0.00000112. The van der Waals surface area contributed by atoms with Crippen molar-refractivity contribution in [3.63, 3.8) is 0 Å². The molecule has 4 nitrogen and oxygen atoms in total. The normalized spacial score (nSPS) is 9.67. The number of hydrogen-bond donors (Lipinski definition) is 1. The minimum absolute atomic E-state index is 0. The SMILES string of the molecule is O.O=C(O)c1cnc2c(F)cccc2c1. The number of aromatic nitrogens is 1. The van der Waals surface area contributed by atoms with Crippen LogP contribution < -0.4 is 0 Å². The second-order valence-corrected chi connectivity index (χ2v) is 2.84. The smallest absolute Gasteiger partial charge is 0.337 e. The summed E-state index contributed by atoms with van der Waals surface area (Å²) >= 11 is 0. The van der Waals surface area contributed by atoms with Gasteiger partial charge in [-0.05, 0) is 12.1 Å². The van der Waals surface area contributed by atoms with Crippen LogP contribution in [0.3, 0.4) is 0 Å². The Kier molecular flexibility index (Phi) is 2.96. The van der Waals surface area contributed by atoms with Gasteiger partial charge < -0.3 is 10.6 Å². The van der Waals surface area contributed by atoms with E-state index in [-0.39, 0.29) is 16.6 Å². The molecule has 0 spiro atoms. The van der Waals surface area contributed by atoms with E-state index in [2.05, 4.69) is 4.98 Å². The highest BCUT2D eigenvalue weighted by Gasteiger charge is 2.06. The topological polar surface area (TPSA) is 81.7 Å². The van der Waals surface area contributed by atoms with E-state index in [0.29, 0.717) is 5.39 Å². The van der Waals surface area contributed by atoms with Gasteiger partial charge in [-0.3, -0.25) is 4.98 Å². The number of carboxylic acids is 1. The highest BCUT2D eigenvalue weighted by atomic mass is 19.1. The number of benzene rings is 1. The summed E-state index contributed by atoms with van der Waals surface area (Å²) in [6, 6.07) is 5.83. The molecule has 3 N–H and O–H groups in total. The lowest BCUT2D eigenvalue weighted by Gasteiger charge is -1.99. The first-order valence-corrected chi connectivity index (χ1v) is 3.96. The molecular weight excluding hydrogens is 201 g/mol. The third kappa shape index (κ3) is 1.92. The van der Waals surface area contributed by atoms with Crippen LogP contribution in [-0.2, 0) is 0 Å². The maximum Gasteiger partial charge on any atom is 0.337 e. The van der Waals surface area contributed by atoms with Crippen LogP contribution >= 0.6 is 0 Å². The average molecular weight is 209 g/mol. The maximum absolute atomic E-state index is 13.1. The van der Waals surface area contributed by atoms with Crippen molar-refractivity contribution in [2.24, 2.45) is 0 Å². The van der Waals surface area contributed by atoms with Crippen molar-refractivity contribution in [3.8, 4) is 0 Å². The molecule has 5 heteroatoms. The molecule has 15 heavy (non-hydrogen) atoms. The minimum Gasteiger partial charge on any atom is -0.478 e. The third-order valence-corrected chi connectivity index (χ3v) is 1.91. The van der Waals surface area contributed by atoms with Gasteiger partial charge in [-0.2, -0.15) is 0 Å². The Morgan fingerprint density at radius 2 is 2.13 bits per heavy atom. The Labute approximate surface area is 84.3 Å². The number of para-hydroxylation sites is 1. The number of carboxylic acid groups (broad SMARTS) is 1. The quantitative estimate of drug-likeness (QED) is 0.767. The fraction of sp³-hybridized carbons (Fsp3) is 0. The molecule has 0 amide bonds. The van der Waals surface area contributed by atoms with Gasteiger partial charge in [-0.1, -0.05) is 12.1 Å². The lowest BCUT2D eigenvalue weighted by molar-refractivity contribution is 0.0696. The van der Waals surface area contributed by atoms with Crippen molar-refractivity contribution in [1.82, 2.24) is 4.98 Å². The van der Waals surface area contributed by atoms with E-state index in [9.17, 15) is 9.18 Å². The van der Waals surface area contributed by atoms with Crippen molar-refractivity contribution >= 4 is 16.9 Å². The van der Waals surface area contributed by atoms with Gasteiger partial charge in [0.25, 0.3) is 0 Å². The minimum atomic E-state index is -1.07. The Bertz CT molecular complexity index is 513. The molecule has 0 fully saturated rings. The number of rotatable bonds is 1. The van der Waals surface area contributed by atoms with Crippen LogP contribution in [-0.4, -0.2) is 21.5 Å². The predicted molar refractivity (Wildman–Crippen MR) is 52.3 cm³/mol. The zero-order valence-electron chi connectivity index (χ0n) is 7.57. The van der Waals surface area contributed by atoms with Crippen LogP contribution in [0.15, 0.2) is 30.5 Å². The number of fused-ring (bicyclic) bond motifs is 1. The first kappa shape index (κ1) is 11.1. The van der Waals surface area contributed by atoms with Crippen molar-refractivity contribution < 1.29 is 19.8 Å². The van der Waals surface area contributed by atoms with E-state index >= 15 is 0 Å². The van der Waals surface area contributed by atoms with Crippen LogP contribution in [0, 0.1) is 5.82 Å². The summed E-state index contributed by atoms with van der Waals surface area (Å²) in [7, 11) is 0. The van der Waals surface area contributed by atoms with Gasteiger partial charge in [-0.15, -0.1) is 0 Å². The van der Waals surface area contributed by atoms with Gasteiger partial charge in [0.1, 0.15) is 11.3 Å². The van der Waals surface area contributed by atoms with Crippen LogP contribution in [0.5, 0.6) is 0 Å². The van der Waals surface area contributed by atoms with Crippen molar-refractivity contribution in [3.05, 3.63) is 41.8 Å². The molecule has 2 rings (SSSR count). The summed E-state index contributed by atoms with van der Waals surface area (Å²) < 4.78 is 13.1. The van der Waals surface area contributed by atoms with Crippen LogP contribution in [0.2, 0.25) is 0 Å². The lowest BCUT2D eigenvalue weighted by atomic mass is 10.1. The molecule has 0 aliphatic rings. The van der Waals surface area contributed by atoms with Gasteiger partial charge in [0.05, 0.1) is 5.56 Å². The third-order valence-electron chi connectivity index (χ3n) is 1.91. The fourth-order valence-corrected chi connectivity index (χ4v) is 1.24. The van der Waals surface area contributed by atoms with E-state index in [1.165, 1.54) is 18.2 Å². The molecule has 0 atom stereocenters. The molecule has 0 unspecified atom stereocenters.